The Morgan fingerprint density at radius 2 is 1.83 bits per heavy atom. The van der Waals surface area contributed by atoms with Crippen LogP contribution in [0.4, 0.5) is 8.78 Å². The third-order valence-electron chi connectivity index (χ3n) is 6.19. The number of nitrogens with zero attached hydrogens (tertiary/aromatic N) is 1. The molecular formula is C20H26F2N2O5S. The first-order chi connectivity index (χ1) is 14.1. The van der Waals surface area contributed by atoms with Gasteiger partial charge in [-0.3, -0.25) is 4.79 Å². The summed E-state index contributed by atoms with van der Waals surface area (Å²) in [6.07, 6.45) is 0.182. The predicted molar refractivity (Wildman–Crippen MR) is 105 cm³/mol. The van der Waals surface area contributed by atoms with E-state index in [9.17, 15) is 22.0 Å². The molecule has 1 saturated carbocycles. The largest absolute Gasteiger partial charge is 0.482 e. The molecule has 1 aromatic carbocycles. The Labute approximate surface area is 174 Å². The fourth-order valence-electron chi connectivity index (χ4n) is 4.76. The second-order valence-corrected chi connectivity index (χ2v) is 10.1. The number of hydrogen-bond acceptors (Lipinski definition) is 5. The zero-order chi connectivity index (χ0) is 21.5. The van der Waals surface area contributed by atoms with Crippen molar-refractivity contribution in [3.63, 3.8) is 0 Å². The Bertz CT molecular complexity index is 902. The number of para-hydroxylation sites is 1. The van der Waals surface area contributed by atoms with Gasteiger partial charge in [-0.15, -0.1) is 0 Å². The fourth-order valence-corrected chi connectivity index (χ4v) is 5.58. The summed E-state index contributed by atoms with van der Waals surface area (Å²) in [6, 6.07) is 5.11. The topological polar surface area (TPSA) is 84.9 Å². The molecule has 4 aliphatic rings. The molecule has 2 atom stereocenters. The lowest BCUT2D eigenvalue weighted by Gasteiger charge is -2.32. The van der Waals surface area contributed by atoms with E-state index in [1.54, 1.807) is 18.2 Å². The molecule has 1 aromatic rings. The number of halogens is 2. The highest BCUT2D eigenvalue weighted by atomic mass is 32.2. The van der Waals surface area contributed by atoms with Crippen molar-refractivity contribution in [3.05, 3.63) is 29.8 Å². The molecule has 1 amide bonds. The highest BCUT2D eigenvalue weighted by Gasteiger charge is 2.51. The van der Waals surface area contributed by atoms with Crippen molar-refractivity contribution in [2.24, 2.45) is 0 Å². The van der Waals surface area contributed by atoms with E-state index in [1.165, 1.54) is 6.07 Å². The Morgan fingerprint density at radius 3 is 2.53 bits per heavy atom. The van der Waals surface area contributed by atoms with Crippen LogP contribution in [0.1, 0.15) is 43.6 Å². The monoisotopic (exact) mass is 444 g/mol. The molecule has 7 nitrogen and oxygen atoms in total. The molecule has 0 aromatic heterocycles. The minimum Gasteiger partial charge on any atom is -0.425 e. The predicted octanol–water partition coefficient (Wildman–Crippen LogP) is 2.23. The number of alkyl halides is 2. The van der Waals surface area contributed by atoms with Gasteiger partial charge in [0.05, 0.1) is 25.0 Å². The number of fused-ring (bicyclic) bond motifs is 5. The van der Waals surface area contributed by atoms with Gasteiger partial charge in [0.25, 0.3) is 0 Å². The van der Waals surface area contributed by atoms with Gasteiger partial charge in [0.15, 0.2) is 0 Å². The number of carbonyl (C=O) groups excluding carboxylic acids is 1. The molecule has 1 N–H and O–H groups in total. The maximum absolute atomic E-state index is 14.9. The third kappa shape index (κ3) is 4.45. The second kappa shape index (κ2) is 8.05. The number of nitrogens with one attached hydrogen (secondary N) is 1. The van der Waals surface area contributed by atoms with E-state index in [2.05, 4.69) is 4.72 Å². The van der Waals surface area contributed by atoms with E-state index < -0.39 is 34.1 Å². The SMILES string of the molecule is CS(=O)(=O)N[C@H]1CCN2C(=O)C(F)(F)Oc3ccccc3[C@H]3CC[C@H](CC3)OC[C@@H]12. The van der Waals surface area contributed by atoms with Crippen LogP contribution in [0.2, 0.25) is 0 Å². The molecule has 3 aliphatic heterocycles. The van der Waals surface area contributed by atoms with Crippen molar-refractivity contribution >= 4 is 15.9 Å². The van der Waals surface area contributed by atoms with Crippen molar-refractivity contribution in [1.82, 2.24) is 9.62 Å². The van der Waals surface area contributed by atoms with Crippen LogP contribution in [-0.4, -0.2) is 62.9 Å². The fraction of sp³-hybridized carbons (Fsp3) is 0.650. The van der Waals surface area contributed by atoms with Crippen molar-refractivity contribution < 1.29 is 31.5 Å². The van der Waals surface area contributed by atoms with Gasteiger partial charge in [-0.05, 0) is 49.7 Å². The molecule has 0 spiro atoms. The standard InChI is InChI=1S/C20H26F2N2O5S/c1-30(26,27)23-16-10-11-24-17(16)12-28-14-8-6-13(7-9-14)15-4-2-3-5-18(15)29-20(21,22)19(24)25/h2-5,13-14,16-17,23H,6-12H2,1H3/t13-,14+,16-,17-/m0/s1. The molecule has 30 heavy (non-hydrogen) atoms. The van der Waals surface area contributed by atoms with Crippen LogP contribution in [0.25, 0.3) is 0 Å². The molecule has 5 rings (SSSR count). The van der Waals surface area contributed by atoms with Gasteiger partial charge in [-0.1, -0.05) is 18.2 Å². The summed E-state index contributed by atoms with van der Waals surface area (Å²) in [5.74, 6) is -1.40. The van der Waals surface area contributed by atoms with Crippen LogP contribution in [-0.2, 0) is 19.6 Å². The quantitative estimate of drug-likeness (QED) is 0.756. The summed E-state index contributed by atoms with van der Waals surface area (Å²) >= 11 is 0. The number of ether oxygens (including phenoxy) is 2. The number of sulfonamides is 1. The normalized spacial score (nSPS) is 31.7. The zero-order valence-electron chi connectivity index (χ0n) is 16.7. The maximum atomic E-state index is 14.9. The number of hydrogen-bond donors (Lipinski definition) is 1. The zero-order valence-corrected chi connectivity index (χ0v) is 17.5. The van der Waals surface area contributed by atoms with Crippen molar-refractivity contribution in [3.8, 4) is 5.75 Å². The first-order valence-corrected chi connectivity index (χ1v) is 12.1. The van der Waals surface area contributed by atoms with E-state index in [1.807, 2.05) is 0 Å². The Kier molecular flexibility index (Phi) is 5.75. The summed E-state index contributed by atoms with van der Waals surface area (Å²) in [4.78, 5) is 13.8. The number of benzene rings is 1. The Hall–Kier alpha value is -1.78. The van der Waals surface area contributed by atoms with Crippen LogP contribution in [0, 0.1) is 0 Å². The molecule has 166 valence electrons. The molecule has 0 radical (unpaired) electrons. The minimum absolute atomic E-state index is 0.00269. The first kappa shape index (κ1) is 21.5. The molecule has 1 aliphatic carbocycles. The van der Waals surface area contributed by atoms with Crippen LogP contribution in [0.3, 0.4) is 0 Å². The molecule has 3 heterocycles. The van der Waals surface area contributed by atoms with Gasteiger partial charge in [-0.25, -0.2) is 13.1 Å². The molecule has 1 saturated heterocycles. The van der Waals surface area contributed by atoms with E-state index in [-0.39, 0.29) is 37.3 Å². The Morgan fingerprint density at radius 1 is 1.13 bits per heavy atom. The minimum atomic E-state index is -4.07. The summed E-state index contributed by atoms with van der Waals surface area (Å²) in [7, 11) is -3.57. The van der Waals surface area contributed by atoms with Gasteiger partial charge in [0, 0.05) is 12.6 Å². The highest BCUT2D eigenvalue weighted by Crippen LogP contribution is 2.41. The molecule has 2 bridgehead atoms. The lowest BCUT2D eigenvalue weighted by molar-refractivity contribution is -0.205. The van der Waals surface area contributed by atoms with Crippen LogP contribution in [0.15, 0.2) is 24.3 Å². The van der Waals surface area contributed by atoms with E-state index >= 15 is 0 Å². The average molecular weight is 445 g/mol. The molecule has 10 heteroatoms. The number of carbonyl (C=O) groups is 1. The lowest BCUT2D eigenvalue weighted by Crippen LogP contribution is -2.54. The second-order valence-electron chi connectivity index (χ2n) is 8.31. The summed E-state index contributed by atoms with van der Waals surface area (Å²) in [5, 5.41) is 0. The van der Waals surface area contributed by atoms with Gasteiger partial charge in [0.2, 0.25) is 10.0 Å². The maximum Gasteiger partial charge on any atom is 0.482 e. The highest BCUT2D eigenvalue weighted by molar-refractivity contribution is 7.88. The van der Waals surface area contributed by atoms with E-state index in [0.717, 1.165) is 36.8 Å². The van der Waals surface area contributed by atoms with Gasteiger partial charge < -0.3 is 14.4 Å². The smallest absolute Gasteiger partial charge is 0.425 e. The van der Waals surface area contributed by atoms with E-state index in [0.29, 0.717) is 5.56 Å². The van der Waals surface area contributed by atoms with Gasteiger partial charge >= 0.3 is 12.0 Å². The summed E-state index contributed by atoms with van der Waals surface area (Å²) in [6.45, 7) is -0.00871. The van der Waals surface area contributed by atoms with Crippen LogP contribution >= 0.6 is 0 Å². The van der Waals surface area contributed by atoms with Crippen LogP contribution < -0.4 is 9.46 Å². The molecule has 2 fully saturated rings. The summed E-state index contributed by atoms with van der Waals surface area (Å²) in [5.41, 5.74) is 0.678. The Balaban J connectivity index is 1.68. The lowest BCUT2D eigenvalue weighted by atomic mass is 9.82. The number of rotatable bonds is 2. The average Bonchev–Trinajstić information content (AvgIpc) is 3.06. The summed E-state index contributed by atoms with van der Waals surface area (Å²) < 4.78 is 66.7. The van der Waals surface area contributed by atoms with E-state index in [4.69, 9.17) is 9.47 Å². The molecular weight excluding hydrogens is 418 g/mol. The van der Waals surface area contributed by atoms with Crippen molar-refractivity contribution in [2.75, 3.05) is 19.4 Å². The van der Waals surface area contributed by atoms with Crippen molar-refractivity contribution in [2.45, 2.75) is 62.3 Å². The van der Waals surface area contributed by atoms with Gasteiger partial charge in [-0.2, -0.15) is 8.78 Å². The third-order valence-corrected chi connectivity index (χ3v) is 6.93. The van der Waals surface area contributed by atoms with Gasteiger partial charge in [0.1, 0.15) is 5.75 Å². The molecule has 0 unspecified atom stereocenters. The number of amides is 1. The van der Waals surface area contributed by atoms with Crippen LogP contribution in [0.5, 0.6) is 5.75 Å². The first-order valence-electron chi connectivity index (χ1n) is 10.2. The van der Waals surface area contributed by atoms with Crippen molar-refractivity contribution in [1.29, 1.82) is 0 Å².